The predicted molar refractivity (Wildman–Crippen MR) is 63.8 cm³/mol. The van der Waals surface area contributed by atoms with Crippen molar-refractivity contribution in [2.75, 3.05) is 24.7 Å². The highest BCUT2D eigenvalue weighted by Gasteiger charge is 2.05. The van der Waals surface area contributed by atoms with Gasteiger partial charge in [0.2, 0.25) is 5.88 Å². The molecule has 1 N–H and O–H groups in total. The summed E-state index contributed by atoms with van der Waals surface area (Å²) in [5.41, 5.74) is 0.948. The third-order valence-corrected chi connectivity index (χ3v) is 2.99. The maximum atomic E-state index is 4.98. The van der Waals surface area contributed by atoms with E-state index in [1.54, 1.807) is 25.1 Å². The molecule has 0 atom stereocenters. The molecule has 1 aliphatic rings. The van der Waals surface area contributed by atoms with Crippen molar-refractivity contribution in [3.63, 3.8) is 0 Å². The second-order valence-electron chi connectivity index (χ2n) is 3.10. The molecule has 1 aliphatic heterocycles. The molecular weight excluding hydrogens is 210 g/mol. The predicted octanol–water partition coefficient (Wildman–Crippen LogP) is 1.99. The fraction of sp³-hybridized carbons (Fsp3) is 0.400. The van der Waals surface area contributed by atoms with Crippen LogP contribution < -0.4 is 10.1 Å². The molecule has 0 unspecified atom stereocenters. The van der Waals surface area contributed by atoms with Gasteiger partial charge in [-0.15, -0.1) is 0 Å². The normalized spacial score (nSPS) is 15.7. The van der Waals surface area contributed by atoms with Crippen molar-refractivity contribution < 1.29 is 4.74 Å². The van der Waals surface area contributed by atoms with Crippen LogP contribution in [0, 0.1) is 0 Å². The van der Waals surface area contributed by atoms with Crippen LogP contribution in [0.15, 0.2) is 23.3 Å². The van der Waals surface area contributed by atoms with E-state index in [0.717, 1.165) is 29.6 Å². The van der Waals surface area contributed by atoms with Crippen LogP contribution in [0.4, 0.5) is 5.69 Å². The second-order valence-corrected chi connectivity index (χ2v) is 4.19. The fourth-order valence-corrected chi connectivity index (χ4v) is 2.07. The Morgan fingerprint density at radius 1 is 1.47 bits per heavy atom. The topological polar surface area (TPSA) is 46.5 Å². The fourth-order valence-electron chi connectivity index (χ4n) is 1.23. The van der Waals surface area contributed by atoms with Gasteiger partial charge in [0.15, 0.2) is 5.17 Å². The molecule has 0 aromatic carbocycles. The van der Waals surface area contributed by atoms with Crippen LogP contribution in [0.1, 0.15) is 6.42 Å². The Morgan fingerprint density at radius 2 is 2.40 bits per heavy atom. The molecule has 0 saturated heterocycles. The van der Waals surface area contributed by atoms with E-state index in [1.165, 1.54) is 0 Å². The van der Waals surface area contributed by atoms with Crippen molar-refractivity contribution in [1.82, 2.24) is 4.98 Å². The highest BCUT2D eigenvalue weighted by Crippen LogP contribution is 2.16. The molecule has 15 heavy (non-hydrogen) atoms. The van der Waals surface area contributed by atoms with E-state index in [1.807, 2.05) is 12.1 Å². The van der Waals surface area contributed by atoms with Crippen LogP contribution >= 0.6 is 11.8 Å². The molecule has 0 saturated carbocycles. The van der Waals surface area contributed by atoms with Crippen LogP contribution in [0.2, 0.25) is 0 Å². The minimum Gasteiger partial charge on any atom is -0.481 e. The Labute approximate surface area is 93.2 Å². The Balaban J connectivity index is 2.00. The van der Waals surface area contributed by atoms with Crippen LogP contribution in [0.5, 0.6) is 5.88 Å². The lowest BCUT2D eigenvalue weighted by Crippen LogP contribution is -2.13. The summed E-state index contributed by atoms with van der Waals surface area (Å²) in [6.07, 6.45) is 2.91. The standard InChI is InChI=1S/C10H13N3OS/c1-14-9-4-3-8(7-12-9)13-10-11-5-2-6-15-10/h3-4,7H,2,5-6H2,1H3,(H,11,13). The number of amidine groups is 1. The monoisotopic (exact) mass is 223 g/mol. The minimum atomic E-state index is 0.624. The molecule has 0 amide bonds. The summed E-state index contributed by atoms with van der Waals surface area (Å²) in [6.45, 7) is 0.916. The van der Waals surface area contributed by atoms with Gasteiger partial charge in [-0.2, -0.15) is 0 Å². The SMILES string of the molecule is COc1ccc(NC2=NCCCS2)cn1. The molecule has 2 heterocycles. The average Bonchev–Trinajstić information content (AvgIpc) is 2.31. The summed E-state index contributed by atoms with van der Waals surface area (Å²) in [5, 5.41) is 4.21. The molecular formula is C10H13N3OS. The van der Waals surface area contributed by atoms with Gasteiger partial charge in [0.25, 0.3) is 0 Å². The van der Waals surface area contributed by atoms with E-state index in [2.05, 4.69) is 15.3 Å². The van der Waals surface area contributed by atoms with Gasteiger partial charge in [0.05, 0.1) is 19.0 Å². The molecule has 0 fully saturated rings. The number of methoxy groups -OCH3 is 1. The molecule has 0 spiro atoms. The van der Waals surface area contributed by atoms with Crippen molar-refractivity contribution in [2.24, 2.45) is 4.99 Å². The zero-order valence-corrected chi connectivity index (χ0v) is 9.38. The Bertz CT molecular complexity index is 350. The van der Waals surface area contributed by atoms with E-state index < -0.39 is 0 Å². The molecule has 4 nitrogen and oxygen atoms in total. The van der Waals surface area contributed by atoms with Gasteiger partial charge in [0.1, 0.15) is 0 Å². The van der Waals surface area contributed by atoms with Crippen LogP contribution in [0.25, 0.3) is 0 Å². The van der Waals surface area contributed by atoms with Crippen LogP contribution in [-0.4, -0.2) is 29.6 Å². The first-order chi connectivity index (χ1) is 7.38. The van der Waals surface area contributed by atoms with Crippen LogP contribution in [0.3, 0.4) is 0 Å². The van der Waals surface area contributed by atoms with E-state index in [0.29, 0.717) is 5.88 Å². The van der Waals surface area contributed by atoms with Gasteiger partial charge >= 0.3 is 0 Å². The van der Waals surface area contributed by atoms with Gasteiger partial charge in [0, 0.05) is 18.4 Å². The van der Waals surface area contributed by atoms with E-state index >= 15 is 0 Å². The molecule has 80 valence electrons. The summed E-state index contributed by atoms with van der Waals surface area (Å²) >= 11 is 1.75. The second kappa shape index (κ2) is 5.02. The Morgan fingerprint density at radius 3 is 3.00 bits per heavy atom. The lowest BCUT2D eigenvalue weighted by Gasteiger charge is -2.12. The number of aliphatic imine (C=N–C) groups is 1. The number of hydrogen-bond acceptors (Lipinski definition) is 5. The third-order valence-electron chi connectivity index (χ3n) is 1.99. The molecule has 1 aromatic rings. The summed E-state index contributed by atoms with van der Waals surface area (Å²) in [4.78, 5) is 8.49. The number of hydrogen-bond donors (Lipinski definition) is 1. The minimum absolute atomic E-state index is 0.624. The Hall–Kier alpha value is -1.23. The first kappa shape index (κ1) is 10.3. The number of anilines is 1. The number of aromatic nitrogens is 1. The summed E-state index contributed by atoms with van der Waals surface area (Å²) < 4.78 is 4.98. The third kappa shape index (κ3) is 2.86. The molecule has 0 radical (unpaired) electrons. The van der Waals surface area contributed by atoms with Gasteiger partial charge < -0.3 is 10.1 Å². The molecule has 2 rings (SSSR count). The number of nitrogens with zero attached hydrogens (tertiary/aromatic N) is 2. The van der Waals surface area contributed by atoms with E-state index in [4.69, 9.17) is 4.74 Å². The van der Waals surface area contributed by atoms with Crippen molar-refractivity contribution in [3.05, 3.63) is 18.3 Å². The molecule has 0 bridgehead atoms. The van der Waals surface area contributed by atoms with Gasteiger partial charge in [-0.05, 0) is 12.5 Å². The average molecular weight is 223 g/mol. The number of ether oxygens (including phenoxy) is 1. The molecule has 1 aromatic heterocycles. The van der Waals surface area contributed by atoms with Crippen molar-refractivity contribution in [3.8, 4) is 5.88 Å². The lowest BCUT2D eigenvalue weighted by atomic mass is 10.4. The smallest absolute Gasteiger partial charge is 0.213 e. The van der Waals surface area contributed by atoms with Gasteiger partial charge in [-0.1, -0.05) is 11.8 Å². The van der Waals surface area contributed by atoms with Gasteiger partial charge in [-0.25, -0.2) is 4.98 Å². The van der Waals surface area contributed by atoms with Crippen molar-refractivity contribution in [1.29, 1.82) is 0 Å². The number of thioether (sulfide) groups is 1. The van der Waals surface area contributed by atoms with E-state index in [9.17, 15) is 0 Å². The van der Waals surface area contributed by atoms with Crippen molar-refractivity contribution >= 4 is 22.6 Å². The Kier molecular flexibility index (Phi) is 3.45. The molecule has 5 heteroatoms. The number of pyridine rings is 1. The van der Waals surface area contributed by atoms with Gasteiger partial charge in [-0.3, -0.25) is 4.99 Å². The number of rotatable bonds is 2. The zero-order chi connectivity index (χ0) is 10.5. The quantitative estimate of drug-likeness (QED) is 0.833. The maximum absolute atomic E-state index is 4.98. The first-order valence-corrected chi connectivity index (χ1v) is 5.81. The highest BCUT2D eigenvalue weighted by atomic mass is 32.2. The van der Waals surface area contributed by atoms with E-state index in [-0.39, 0.29) is 0 Å². The highest BCUT2D eigenvalue weighted by molar-refractivity contribution is 8.14. The summed E-state index contributed by atoms with van der Waals surface area (Å²) in [6, 6.07) is 3.76. The maximum Gasteiger partial charge on any atom is 0.213 e. The largest absolute Gasteiger partial charge is 0.481 e. The summed E-state index contributed by atoms with van der Waals surface area (Å²) in [7, 11) is 1.61. The van der Waals surface area contributed by atoms with Crippen LogP contribution in [-0.2, 0) is 0 Å². The first-order valence-electron chi connectivity index (χ1n) is 4.83. The molecule has 0 aliphatic carbocycles. The number of nitrogens with one attached hydrogen (secondary N) is 1. The van der Waals surface area contributed by atoms with Crippen molar-refractivity contribution in [2.45, 2.75) is 6.42 Å². The zero-order valence-electron chi connectivity index (χ0n) is 8.56. The lowest BCUT2D eigenvalue weighted by molar-refractivity contribution is 0.398. The summed E-state index contributed by atoms with van der Waals surface area (Å²) in [5.74, 6) is 1.76.